The highest BCUT2D eigenvalue weighted by Crippen LogP contribution is 2.26. The molecule has 0 spiro atoms. The summed E-state index contributed by atoms with van der Waals surface area (Å²) in [5, 5.41) is 9.81. The average Bonchev–Trinajstić information content (AvgIpc) is 3.33. The second-order valence-electron chi connectivity index (χ2n) is 6.28. The monoisotopic (exact) mass is 384 g/mol. The summed E-state index contributed by atoms with van der Waals surface area (Å²) in [4.78, 5) is 25.2. The highest BCUT2D eigenvalue weighted by atomic mass is 32.1. The molecule has 3 aromatic rings. The summed E-state index contributed by atoms with van der Waals surface area (Å²) in [6.07, 6.45) is -0.573. The van der Waals surface area contributed by atoms with Gasteiger partial charge in [0.2, 0.25) is 0 Å². The molecule has 0 radical (unpaired) electrons. The van der Waals surface area contributed by atoms with Crippen molar-refractivity contribution in [2.24, 2.45) is 0 Å². The number of aryl methyl sites for hydroxylation is 2. The van der Waals surface area contributed by atoms with Gasteiger partial charge in [0.1, 0.15) is 0 Å². The summed E-state index contributed by atoms with van der Waals surface area (Å²) in [7, 11) is 0. The molecule has 0 saturated heterocycles. The largest absolute Gasteiger partial charge is 0.453 e. The van der Waals surface area contributed by atoms with Crippen LogP contribution >= 0.6 is 11.3 Å². The first-order chi connectivity index (χ1) is 12.9. The molecule has 2 heterocycles. The Morgan fingerprint density at radius 1 is 1.15 bits per heavy atom. The predicted molar refractivity (Wildman–Crippen MR) is 102 cm³/mol. The SMILES string of the molecule is Cc1ccc(C(=O)CCC(=O)OC(C)c2nnc(-c3cccs3)o2)cc1C. The zero-order valence-corrected chi connectivity index (χ0v) is 16.2. The van der Waals surface area contributed by atoms with Gasteiger partial charge >= 0.3 is 5.97 Å². The summed E-state index contributed by atoms with van der Waals surface area (Å²) in [6.45, 7) is 5.61. The Labute approximate surface area is 161 Å². The topological polar surface area (TPSA) is 82.3 Å². The fourth-order valence-electron chi connectivity index (χ4n) is 2.48. The third kappa shape index (κ3) is 4.68. The van der Waals surface area contributed by atoms with Gasteiger partial charge in [-0.25, -0.2) is 0 Å². The molecule has 0 aliphatic carbocycles. The van der Waals surface area contributed by atoms with Gasteiger partial charge < -0.3 is 9.15 Å². The molecule has 140 valence electrons. The maximum atomic E-state index is 12.3. The number of thiophene rings is 1. The van der Waals surface area contributed by atoms with Gasteiger partial charge in [0.25, 0.3) is 11.8 Å². The van der Waals surface area contributed by atoms with Crippen molar-refractivity contribution >= 4 is 23.1 Å². The van der Waals surface area contributed by atoms with E-state index in [1.54, 1.807) is 13.0 Å². The first-order valence-corrected chi connectivity index (χ1v) is 9.49. The molecule has 1 unspecified atom stereocenters. The molecule has 0 saturated carbocycles. The number of rotatable bonds is 7. The normalized spacial score (nSPS) is 12.0. The van der Waals surface area contributed by atoms with E-state index >= 15 is 0 Å². The van der Waals surface area contributed by atoms with Gasteiger partial charge in [-0.15, -0.1) is 21.5 Å². The minimum Gasteiger partial charge on any atom is -0.453 e. The Hall–Kier alpha value is -2.80. The van der Waals surface area contributed by atoms with Gasteiger partial charge in [0.05, 0.1) is 11.3 Å². The van der Waals surface area contributed by atoms with Crippen molar-refractivity contribution in [2.45, 2.75) is 39.7 Å². The van der Waals surface area contributed by atoms with Crippen LogP contribution in [0, 0.1) is 13.8 Å². The second-order valence-corrected chi connectivity index (χ2v) is 7.22. The lowest BCUT2D eigenvalue weighted by atomic mass is 10.0. The van der Waals surface area contributed by atoms with Gasteiger partial charge in [0.15, 0.2) is 11.9 Å². The molecule has 3 rings (SSSR count). The van der Waals surface area contributed by atoms with E-state index in [1.807, 2.05) is 43.5 Å². The Balaban J connectivity index is 1.53. The van der Waals surface area contributed by atoms with Crippen molar-refractivity contribution in [1.29, 1.82) is 0 Å². The average molecular weight is 384 g/mol. The van der Waals surface area contributed by atoms with E-state index < -0.39 is 12.1 Å². The zero-order chi connectivity index (χ0) is 19.4. The zero-order valence-electron chi connectivity index (χ0n) is 15.4. The molecule has 0 bridgehead atoms. The van der Waals surface area contributed by atoms with Crippen molar-refractivity contribution < 1.29 is 18.7 Å². The number of Topliss-reactive ketones (excluding diaryl/α,β-unsaturated/α-hetero) is 1. The first-order valence-electron chi connectivity index (χ1n) is 8.61. The van der Waals surface area contributed by atoms with E-state index in [-0.39, 0.29) is 24.5 Å². The Morgan fingerprint density at radius 3 is 2.67 bits per heavy atom. The standard InChI is InChI=1S/C20H20N2O4S/c1-12-6-7-15(11-13(12)2)16(23)8-9-18(24)25-14(3)19-21-22-20(26-19)17-5-4-10-27-17/h4-7,10-11,14H,8-9H2,1-3H3. The summed E-state index contributed by atoms with van der Waals surface area (Å²) in [5.41, 5.74) is 2.78. The van der Waals surface area contributed by atoms with Crippen LogP contribution in [0.4, 0.5) is 0 Å². The minimum atomic E-state index is -0.671. The summed E-state index contributed by atoms with van der Waals surface area (Å²) in [6, 6.07) is 9.29. The maximum absolute atomic E-state index is 12.3. The van der Waals surface area contributed by atoms with Gasteiger partial charge in [-0.1, -0.05) is 18.2 Å². The molecule has 2 aromatic heterocycles. The highest BCUT2D eigenvalue weighted by Gasteiger charge is 2.20. The van der Waals surface area contributed by atoms with Crippen LogP contribution in [0.25, 0.3) is 10.8 Å². The van der Waals surface area contributed by atoms with Crippen LogP contribution in [-0.4, -0.2) is 21.9 Å². The smallest absolute Gasteiger partial charge is 0.307 e. The fraction of sp³-hybridized carbons (Fsp3) is 0.300. The van der Waals surface area contributed by atoms with Crippen LogP contribution in [-0.2, 0) is 9.53 Å². The number of nitrogens with zero attached hydrogens (tertiary/aromatic N) is 2. The first kappa shape index (κ1) is 19.0. The van der Waals surface area contributed by atoms with E-state index in [9.17, 15) is 9.59 Å². The Morgan fingerprint density at radius 2 is 1.96 bits per heavy atom. The number of ether oxygens (including phenoxy) is 1. The number of esters is 1. The van der Waals surface area contributed by atoms with Crippen LogP contribution in [0.5, 0.6) is 0 Å². The molecule has 7 heteroatoms. The van der Waals surface area contributed by atoms with Gasteiger partial charge in [-0.05, 0) is 49.4 Å². The van der Waals surface area contributed by atoms with Crippen molar-refractivity contribution in [3.05, 3.63) is 58.3 Å². The van der Waals surface area contributed by atoms with E-state index in [0.717, 1.165) is 16.0 Å². The van der Waals surface area contributed by atoms with Crippen LogP contribution in [0.15, 0.2) is 40.1 Å². The Kier molecular flexibility index (Phi) is 5.81. The summed E-state index contributed by atoms with van der Waals surface area (Å²) >= 11 is 1.48. The molecular weight excluding hydrogens is 364 g/mol. The molecule has 0 fully saturated rings. The number of ketones is 1. The lowest BCUT2D eigenvalue weighted by Crippen LogP contribution is -2.11. The van der Waals surface area contributed by atoms with Crippen LogP contribution < -0.4 is 0 Å². The molecule has 1 atom stereocenters. The lowest BCUT2D eigenvalue weighted by Gasteiger charge is -2.09. The van der Waals surface area contributed by atoms with Crippen molar-refractivity contribution in [2.75, 3.05) is 0 Å². The minimum absolute atomic E-state index is 0.00200. The van der Waals surface area contributed by atoms with E-state index in [2.05, 4.69) is 10.2 Å². The number of hydrogen-bond donors (Lipinski definition) is 0. The molecule has 0 aliphatic heterocycles. The number of carbonyl (C=O) groups is 2. The highest BCUT2D eigenvalue weighted by molar-refractivity contribution is 7.13. The van der Waals surface area contributed by atoms with Gasteiger partial charge in [0, 0.05) is 12.0 Å². The second kappa shape index (κ2) is 8.26. The van der Waals surface area contributed by atoms with Crippen LogP contribution in [0.1, 0.15) is 53.2 Å². The number of carbonyl (C=O) groups excluding carboxylic acids is 2. The number of benzene rings is 1. The lowest BCUT2D eigenvalue weighted by molar-refractivity contribution is -0.149. The third-order valence-corrected chi connectivity index (χ3v) is 5.07. The molecule has 0 N–H and O–H groups in total. The number of aromatic nitrogens is 2. The van der Waals surface area contributed by atoms with E-state index in [4.69, 9.17) is 9.15 Å². The van der Waals surface area contributed by atoms with E-state index in [0.29, 0.717) is 11.5 Å². The third-order valence-electron chi connectivity index (χ3n) is 4.21. The number of hydrogen-bond acceptors (Lipinski definition) is 7. The van der Waals surface area contributed by atoms with Crippen molar-refractivity contribution in [3.63, 3.8) is 0 Å². The van der Waals surface area contributed by atoms with Crippen LogP contribution in [0.3, 0.4) is 0 Å². The predicted octanol–water partition coefficient (Wildman–Crippen LogP) is 4.68. The van der Waals surface area contributed by atoms with Crippen LogP contribution in [0.2, 0.25) is 0 Å². The Bertz CT molecular complexity index is 947. The molecular formula is C20H20N2O4S. The fourth-order valence-corrected chi connectivity index (χ4v) is 3.12. The molecule has 0 aliphatic rings. The molecule has 1 aromatic carbocycles. The van der Waals surface area contributed by atoms with Gasteiger partial charge in [-0.3, -0.25) is 9.59 Å². The van der Waals surface area contributed by atoms with Crippen molar-refractivity contribution in [3.8, 4) is 10.8 Å². The quantitative estimate of drug-likeness (QED) is 0.434. The maximum Gasteiger partial charge on any atom is 0.307 e. The van der Waals surface area contributed by atoms with Gasteiger partial charge in [-0.2, -0.15) is 0 Å². The molecule has 6 nitrogen and oxygen atoms in total. The molecule has 27 heavy (non-hydrogen) atoms. The summed E-state index contributed by atoms with van der Waals surface area (Å²) in [5.74, 6) is 0.0658. The summed E-state index contributed by atoms with van der Waals surface area (Å²) < 4.78 is 10.9. The van der Waals surface area contributed by atoms with E-state index in [1.165, 1.54) is 11.3 Å². The van der Waals surface area contributed by atoms with Crippen molar-refractivity contribution in [1.82, 2.24) is 10.2 Å². The molecule has 0 amide bonds.